The summed E-state index contributed by atoms with van der Waals surface area (Å²) in [5.41, 5.74) is 11.5. The SMILES string of the molecule is [N-]=[N+]=N[C@H]1CC[C@@H]([C@@H](c2ccccc2)N(Cc2ccccc2)C(=O)OCc2ccccc2)O[C@@H]1O. The fourth-order valence-corrected chi connectivity index (χ4v) is 4.33. The predicted molar refractivity (Wildman–Crippen MR) is 131 cm³/mol. The molecular formula is C27H28N4O4. The topological polar surface area (TPSA) is 108 Å². The first-order chi connectivity index (χ1) is 17.2. The van der Waals surface area contributed by atoms with Crippen molar-refractivity contribution in [1.82, 2.24) is 4.90 Å². The molecule has 0 aromatic heterocycles. The lowest BCUT2D eigenvalue weighted by atomic mass is 9.92. The van der Waals surface area contributed by atoms with Crippen molar-refractivity contribution >= 4 is 6.09 Å². The second-order valence-corrected chi connectivity index (χ2v) is 8.42. The van der Waals surface area contributed by atoms with E-state index < -0.39 is 30.6 Å². The number of amides is 1. The molecule has 180 valence electrons. The standard InChI is InChI=1S/C27H28N4O4/c28-30-29-23-16-17-24(35-26(23)32)25(22-14-8-3-9-15-22)31(18-20-10-4-1-5-11-20)27(33)34-19-21-12-6-2-7-13-21/h1-15,23-26,32H,16-19H2/t23-,24-,25+,26-/m0/s1. The highest BCUT2D eigenvalue weighted by Gasteiger charge is 2.39. The lowest BCUT2D eigenvalue weighted by Gasteiger charge is -2.41. The number of ether oxygens (including phenoxy) is 2. The molecule has 4 rings (SSSR count). The van der Waals surface area contributed by atoms with E-state index in [4.69, 9.17) is 15.0 Å². The molecule has 1 aliphatic heterocycles. The molecule has 1 heterocycles. The molecule has 1 fully saturated rings. The van der Waals surface area contributed by atoms with Crippen molar-refractivity contribution in [2.45, 2.75) is 50.5 Å². The molecule has 0 radical (unpaired) electrons. The molecule has 1 aliphatic rings. The Morgan fingerprint density at radius 1 is 1.00 bits per heavy atom. The Kier molecular flexibility index (Phi) is 8.35. The van der Waals surface area contributed by atoms with Crippen LogP contribution in [-0.4, -0.2) is 34.5 Å². The van der Waals surface area contributed by atoms with Gasteiger partial charge in [-0.2, -0.15) is 0 Å². The van der Waals surface area contributed by atoms with Crippen LogP contribution in [0.1, 0.15) is 35.6 Å². The number of aliphatic hydroxyl groups is 1. The molecule has 8 nitrogen and oxygen atoms in total. The average Bonchev–Trinajstić information content (AvgIpc) is 2.90. The van der Waals surface area contributed by atoms with Gasteiger partial charge in [-0.3, -0.25) is 4.90 Å². The van der Waals surface area contributed by atoms with Crippen LogP contribution in [0.5, 0.6) is 0 Å². The maximum absolute atomic E-state index is 13.5. The van der Waals surface area contributed by atoms with E-state index in [-0.39, 0.29) is 6.61 Å². The minimum atomic E-state index is -1.25. The van der Waals surface area contributed by atoms with Gasteiger partial charge in [-0.25, -0.2) is 4.79 Å². The van der Waals surface area contributed by atoms with Gasteiger partial charge >= 0.3 is 6.09 Å². The van der Waals surface area contributed by atoms with Gasteiger partial charge < -0.3 is 14.6 Å². The minimum absolute atomic E-state index is 0.138. The third kappa shape index (κ3) is 6.39. The molecule has 1 saturated heterocycles. The second-order valence-electron chi connectivity index (χ2n) is 8.42. The number of benzene rings is 3. The fraction of sp³-hybridized carbons (Fsp3) is 0.296. The lowest BCUT2D eigenvalue weighted by Crippen LogP contribution is -2.47. The number of nitrogens with zero attached hydrogens (tertiary/aromatic N) is 4. The van der Waals surface area contributed by atoms with Crippen LogP contribution in [0, 0.1) is 0 Å². The first-order valence-corrected chi connectivity index (χ1v) is 11.6. The molecule has 4 atom stereocenters. The Balaban J connectivity index is 1.65. The van der Waals surface area contributed by atoms with E-state index in [1.807, 2.05) is 91.0 Å². The number of azide groups is 1. The molecule has 0 bridgehead atoms. The van der Waals surface area contributed by atoms with Gasteiger partial charge in [-0.15, -0.1) is 0 Å². The average molecular weight is 473 g/mol. The molecule has 35 heavy (non-hydrogen) atoms. The van der Waals surface area contributed by atoms with Crippen molar-refractivity contribution in [3.63, 3.8) is 0 Å². The van der Waals surface area contributed by atoms with E-state index in [1.165, 1.54) is 0 Å². The summed E-state index contributed by atoms with van der Waals surface area (Å²) >= 11 is 0. The molecule has 0 unspecified atom stereocenters. The molecule has 3 aromatic carbocycles. The van der Waals surface area contributed by atoms with Gasteiger partial charge in [0.25, 0.3) is 0 Å². The van der Waals surface area contributed by atoms with Crippen molar-refractivity contribution in [2.24, 2.45) is 5.11 Å². The van der Waals surface area contributed by atoms with Crippen LogP contribution in [-0.2, 0) is 22.6 Å². The summed E-state index contributed by atoms with van der Waals surface area (Å²) in [7, 11) is 0. The molecule has 1 N–H and O–H groups in total. The van der Waals surface area contributed by atoms with Crippen molar-refractivity contribution < 1.29 is 19.4 Å². The first kappa shape index (κ1) is 24.3. The van der Waals surface area contributed by atoms with E-state index in [0.29, 0.717) is 19.4 Å². The van der Waals surface area contributed by atoms with Gasteiger partial charge in [-0.1, -0.05) is 96.1 Å². The maximum Gasteiger partial charge on any atom is 0.411 e. The number of hydrogen-bond donors (Lipinski definition) is 1. The van der Waals surface area contributed by atoms with Crippen molar-refractivity contribution in [3.8, 4) is 0 Å². The fourth-order valence-electron chi connectivity index (χ4n) is 4.33. The van der Waals surface area contributed by atoms with Gasteiger partial charge in [-0.05, 0) is 35.1 Å². The smallest absolute Gasteiger partial charge is 0.411 e. The lowest BCUT2D eigenvalue weighted by molar-refractivity contribution is -0.189. The van der Waals surface area contributed by atoms with Crippen LogP contribution in [0.4, 0.5) is 4.79 Å². The quantitative estimate of drug-likeness (QED) is 0.256. The molecule has 0 spiro atoms. The Morgan fingerprint density at radius 2 is 1.60 bits per heavy atom. The molecule has 3 aromatic rings. The number of carbonyl (C=O) groups excluding carboxylic acids is 1. The molecular weight excluding hydrogens is 444 g/mol. The van der Waals surface area contributed by atoms with Gasteiger partial charge in [0.2, 0.25) is 0 Å². The van der Waals surface area contributed by atoms with Gasteiger partial charge in [0.15, 0.2) is 6.29 Å². The van der Waals surface area contributed by atoms with Crippen LogP contribution in [0.15, 0.2) is 96.1 Å². The summed E-state index contributed by atoms with van der Waals surface area (Å²) in [6.45, 7) is 0.434. The summed E-state index contributed by atoms with van der Waals surface area (Å²) in [5.74, 6) is 0. The van der Waals surface area contributed by atoms with Crippen LogP contribution in [0.25, 0.3) is 10.4 Å². The van der Waals surface area contributed by atoms with Crippen LogP contribution in [0.3, 0.4) is 0 Å². The van der Waals surface area contributed by atoms with Crippen molar-refractivity contribution in [3.05, 3.63) is 118 Å². The highest BCUT2D eigenvalue weighted by molar-refractivity contribution is 5.68. The predicted octanol–water partition coefficient (Wildman–Crippen LogP) is 5.74. The summed E-state index contributed by atoms with van der Waals surface area (Å²) in [6.07, 6.45) is -1.32. The Hall–Kier alpha value is -3.84. The van der Waals surface area contributed by atoms with Gasteiger partial charge in [0, 0.05) is 11.5 Å². The number of aliphatic hydroxyl groups excluding tert-OH is 1. The highest BCUT2D eigenvalue weighted by atomic mass is 16.6. The van der Waals surface area contributed by atoms with Crippen molar-refractivity contribution in [2.75, 3.05) is 0 Å². The van der Waals surface area contributed by atoms with E-state index in [9.17, 15) is 9.90 Å². The van der Waals surface area contributed by atoms with E-state index in [2.05, 4.69) is 10.0 Å². The number of rotatable bonds is 8. The zero-order valence-corrected chi connectivity index (χ0v) is 19.3. The third-order valence-electron chi connectivity index (χ3n) is 6.05. The van der Waals surface area contributed by atoms with Gasteiger partial charge in [0.05, 0.1) is 18.2 Å². The largest absolute Gasteiger partial charge is 0.445 e. The normalized spacial score (nSPS) is 20.3. The number of carbonyl (C=O) groups is 1. The molecule has 8 heteroatoms. The van der Waals surface area contributed by atoms with E-state index >= 15 is 0 Å². The van der Waals surface area contributed by atoms with E-state index in [0.717, 1.165) is 16.7 Å². The molecule has 1 amide bonds. The first-order valence-electron chi connectivity index (χ1n) is 11.6. The van der Waals surface area contributed by atoms with Crippen molar-refractivity contribution in [1.29, 1.82) is 0 Å². The molecule has 0 saturated carbocycles. The number of hydrogen-bond acceptors (Lipinski definition) is 5. The molecule has 0 aliphatic carbocycles. The van der Waals surface area contributed by atoms with Gasteiger partial charge in [0.1, 0.15) is 6.61 Å². The monoisotopic (exact) mass is 472 g/mol. The summed E-state index contributed by atoms with van der Waals surface area (Å²) in [5, 5.41) is 14.1. The van der Waals surface area contributed by atoms with E-state index in [1.54, 1.807) is 4.90 Å². The summed E-state index contributed by atoms with van der Waals surface area (Å²) < 4.78 is 11.7. The summed E-state index contributed by atoms with van der Waals surface area (Å²) in [6, 6.07) is 27.6. The Labute approximate surface area is 204 Å². The second kappa shape index (κ2) is 12.0. The van der Waals surface area contributed by atoms with Crippen LogP contribution in [0.2, 0.25) is 0 Å². The third-order valence-corrected chi connectivity index (χ3v) is 6.05. The Bertz CT molecular complexity index is 1120. The minimum Gasteiger partial charge on any atom is -0.445 e. The van der Waals surface area contributed by atoms with Crippen LogP contribution < -0.4 is 0 Å². The zero-order chi connectivity index (χ0) is 24.5. The summed E-state index contributed by atoms with van der Waals surface area (Å²) in [4.78, 5) is 18.0. The zero-order valence-electron chi connectivity index (χ0n) is 19.3. The Morgan fingerprint density at radius 3 is 2.20 bits per heavy atom. The maximum atomic E-state index is 13.5. The highest BCUT2D eigenvalue weighted by Crippen LogP contribution is 2.35. The van der Waals surface area contributed by atoms with Crippen LogP contribution >= 0.6 is 0 Å².